The summed E-state index contributed by atoms with van der Waals surface area (Å²) in [6.07, 6.45) is 5.83. The fourth-order valence-electron chi connectivity index (χ4n) is 5.13. The van der Waals surface area contributed by atoms with Crippen molar-refractivity contribution in [3.05, 3.63) is 42.0 Å². The van der Waals surface area contributed by atoms with Crippen molar-refractivity contribution in [3.63, 3.8) is 0 Å². The number of carbonyl (C=O) groups excluding carboxylic acids is 2. The largest absolute Gasteiger partial charge is 0.497 e. The van der Waals surface area contributed by atoms with Crippen molar-refractivity contribution >= 4 is 11.8 Å². The first-order valence-corrected chi connectivity index (χ1v) is 9.69. The molecule has 0 aromatic heterocycles. The molecule has 2 amide bonds. The van der Waals surface area contributed by atoms with Gasteiger partial charge in [-0.25, -0.2) is 0 Å². The van der Waals surface area contributed by atoms with Crippen LogP contribution < -0.4 is 4.74 Å². The highest BCUT2D eigenvalue weighted by Gasteiger charge is 2.67. The molecule has 2 bridgehead atoms. The van der Waals surface area contributed by atoms with Crippen molar-refractivity contribution in [3.8, 4) is 5.75 Å². The predicted octanol–water partition coefficient (Wildman–Crippen LogP) is 1.60. The quantitative estimate of drug-likeness (QED) is 0.758. The number of likely N-dealkylation sites (tertiary alicyclic amines) is 2. The Balaban J connectivity index is 1.39. The van der Waals surface area contributed by atoms with Crippen LogP contribution in [0.4, 0.5) is 0 Å². The normalized spacial score (nSPS) is 33.8. The lowest BCUT2D eigenvalue weighted by Gasteiger charge is -2.27. The molecule has 0 N–H and O–H groups in total. The van der Waals surface area contributed by atoms with E-state index in [-0.39, 0.29) is 23.8 Å². The van der Waals surface area contributed by atoms with Gasteiger partial charge >= 0.3 is 0 Å². The third-order valence-corrected chi connectivity index (χ3v) is 6.39. The Morgan fingerprint density at radius 3 is 2.93 bits per heavy atom. The number of rotatable bonds is 4. The summed E-state index contributed by atoms with van der Waals surface area (Å²) >= 11 is 0. The molecule has 6 heteroatoms. The number of hydrogen-bond acceptors (Lipinski definition) is 4. The molecule has 4 heterocycles. The number of methoxy groups -OCH3 is 1. The molecule has 0 unspecified atom stereocenters. The van der Waals surface area contributed by atoms with Gasteiger partial charge in [0.05, 0.1) is 31.6 Å². The highest BCUT2D eigenvalue weighted by molar-refractivity contribution is 5.93. The molecule has 0 radical (unpaired) electrons. The Morgan fingerprint density at radius 1 is 1.33 bits per heavy atom. The molecule has 1 spiro atoms. The second-order valence-corrected chi connectivity index (χ2v) is 7.98. The summed E-state index contributed by atoms with van der Waals surface area (Å²) in [6, 6.07) is 7.75. The third kappa shape index (κ3) is 2.50. The summed E-state index contributed by atoms with van der Waals surface area (Å²) in [7, 11) is 1.63. The van der Waals surface area contributed by atoms with E-state index in [9.17, 15) is 9.59 Å². The zero-order chi connectivity index (χ0) is 18.6. The van der Waals surface area contributed by atoms with E-state index >= 15 is 0 Å². The molecule has 3 fully saturated rings. The molecule has 27 heavy (non-hydrogen) atoms. The Bertz CT molecular complexity index is 816. The van der Waals surface area contributed by atoms with Gasteiger partial charge in [-0.1, -0.05) is 24.3 Å². The summed E-state index contributed by atoms with van der Waals surface area (Å²) in [5.41, 5.74) is 0.376. The lowest BCUT2D eigenvalue weighted by molar-refractivity contribution is -0.142. The minimum atomic E-state index is -0.638. The van der Waals surface area contributed by atoms with E-state index in [1.165, 1.54) is 0 Å². The van der Waals surface area contributed by atoms with Crippen LogP contribution in [-0.2, 0) is 20.9 Å². The van der Waals surface area contributed by atoms with Crippen molar-refractivity contribution < 1.29 is 19.1 Å². The first kappa shape index (κ1) is 16.8. The van der Waals surface area contributed by atoms with Crippen molar-refractivity contribution in [2.45, 2.75) is 31.1 Å². The van der Waals surface area contributed by atoms with Crippen molar-refractivity contribution in [2.24, 2.45) is 11.8 Å². The number of fused-ring (bicyclic) bond motifs is 1. The van der Waals surface area contributed by atoms with Crippen LogP contribution in [-0.4, -0.2) is 60.1 Å². The SMILES string of the molecule is COc1cccc(CN2C[C@]34C=C[C@H](O3)[C@H](C(=O)N3CCCC3)[C@H]4C2=O)c1. The summed E-state index contributed by atoms with van der Waals surface area (Å²) in [6.45, 7) is 2.60. The minimum Gasteiger partial charge on any atom is -0.497 e. The summed E-state index contributed by atoms with van der Waals surface area (Å²) in [5, 5.41) is 0. The molecular weight excluding hydrogens is 344 g/mol. The van der Waals surface area contributed by atoms with Crippen LogP contribution in [0, 0.1) is 11.8 Å². The smallest absolute Gasteiger partial charge is 0.230 e. The van der Waals surface area contributed by atoms with E-state index in [2.05, 4.69) is 0 Å². The zero-order valence-corrected chi connectivity index (χ0v) is 15.5. The van der Waals surface area contributed by atoms with E-state index in [4.69, 9.17) is 9.47 Å². The molecule has 1 aromatic carbocycles. The molecule has 6 nitrogen and oxygen atoms in total. The maximum atomic E-state index is 13.3. The molecule has 5 rings (SSSR count). The highest BCUT2D eigenvalue weighted by atomic mass is 16.5. The molecule has 3 saturated heterocycles. The van der Waals surface area contributed by atoms with Crippen molar-refractivity contribution in [1.29, 1.82) is 0 Å². The molecule has 4 aliphatic heterocycles. The minimum absolute atomic E-state index is 0.0298. The summed E-state index contributed by atoms with van der Waals surface area (Å²) in [4.78, 5) is 30.1. The predicted molar refractivity (Wildman–Crippen MR) is 97.9 cm³/mol. The van der Waals surface area contributed by atoms with Gasteiger partial charge in [-0.3, -0.25) is 9.59 Å². The molecule has 0 aliphatic carbocycles. The van der Waals surface area contributed by atoms with Gasteiger partial charge in [0.2, 0.25) is 11.8 Å². The zero-order valence-electron chi connectivity index (χ0n) is 15.5. The maximum Gasteiger partial charge on any atom is 0.230 e. The van der Waals surface area contributed by atoms with E-state index in [1.807, 2.05) is 46.2 Å². The Hall–Kier alpha value is -2.34. The number of benzene rings is 1. The highest BCUT2D eigenvalue weighted by Crippen LogP contribution is 2.52. The second-order valence-electron chi connectivity index (χ2n) is 7.98. The molecule has 142 valence electrons. The summed E-state index contributed by atoms with van der Waals surface area (Å²) in [5.74, 6) is 0.117. The molecule has 1 aromatic rings. The van der Waals surface area contributed by atoms with Gasteiger partial charge < -0.3 is 19.3 Å². The average Bonchev–Trinajstić information content (AvgIpc) is 3.44. The van der Waals surface area contributed by atoms with Crippen LogP contribution in [0.15, 0.2) is 36.4 Å². The van der Waals surface area contributed by atoms with Gasteiger partial charge in [-0.05, 0) is 30.5 Å². The fourth-order valence-corrected chi connectivity index (χ4v) is 5.13. The number of hydrogen-bond donors (Lipinski definition) is 0. The average molecular weight is 368 g/mol. The van der Waals surface area contributed by atoms with Crippen molar-refractivity contribution in [2.75, 3.05) is 26.7 Å². The number of carbonyl (C=O) groups is 2. The van der Waals surface area contributed by atoms with Crippen LogP contribution in [0.1, 0.15) is 18.4 Å². The summed E-state index contributed by atoms with van der Waals surface area (Å²) < 4.78 is 11.5. The maximum absolute atomic E-state index is 13.3. The Kier molecular flexibility index (Phi) is 3.79. The van der Waals surface area contributed by atoms with Crippen LogP contribution >= 0.6 is 0 Å². The Labute approximate surface area is 158 Å². The number of ether oxygens (including phenoxy) is 2. The van der Waals surface area contributed by atoms with Crippen LogP contribution in [0.5, 0.6) is 5.75 Å². The van der Waals surface area contributed by atoms with Crippen LogP contribution in [0.25, 0.3) is 0 Å². The van der Waals surface area contributed by atoms with E-state index in [0.29, 0.717) is 13.1 Å². The van der Waals surface area contributed by atoms with Crippen LogP contribution in [0.3, 0.4) is 0 Å². The lowest BCUT2D eigenvalue weighted by atomic mass is 9.76. The van der Waals surface area contributed by atoms with Crippen LogP contribution in [0.2, 0.25) is 0 Å². The molecule has 4 aliphatic rings. The monoisotopic (exact) mass is 368 g/mol. The first-order chi connectivity index (χ1) is 13.1. The van der Waals surface area contributed by atoms with Gasteiger partial charge in [0.15, 0.2) is 0 Å². The number of amides is 2. The van der Waals surface area contributed by atoms with E-state index in [0.717, 1.165) is 37.2 Å². The number of nitrogens with zero attached hydrogens (tertiary/aromatic N) is 2. The third-order valence-electron chi connectivity index (χ3n) is 6.39. The van der Waals surface area contributed by atoms with Gasteiger partial charge in [0.1, 0.15) is 11.4 Å². The van der Waals surface area contributed by atoms with E-state index < -0.39 is 11.5 Å². The lowest BCUT2D eigenvalue weighted by Crippen LogP contribution is -2.45. The second kappa shape index (κ2) is 6.09. The van der Waals surface area contributed by atoms with Gasteiger partial charge in [-0.15, -0.1) is 0 Å². The molecule has 4 atom stereocenters. The standard InChI is InChI=1S/C21H24N2O4/c1-26-15-6-4-5-14(11-15)12-23-13-21-8-7-16(27-21)17(18(21)20(23)25)19(24)22-9-2-3-10-22/h4-8,11,16-18H,2-3,9-10,12-13H2,1H3/t16-,17-,18-,21-/m0/s1. The first-order valence-electron chi connectivity index (χ1n) is 9.69. The van der Waals surface area contributed by atoms with Gasteiger partial charge in [0.25, 0.3) is 0 Å². The fraction of sp³-hybridized carbons (Fsp3) is 0.524. The van der Waals surface area contributed by atoms with Gasteiger partial charge in [0, 0.05) is 19.6 Å². The Morgan fingerprint density at radius 2 is 2.15 bits per heavy atom. The molecule has 0 saturated carbocycles. The van der Waals surface area contributed by atoms with E-state index in [1.54, 1.807) is 7.11 Å². The van der Waals surface area contributed by atoms with Crippen molar-refractivity contribution in [1.82, 2.24) is 9.80 Å². The van der Waals surface area contributed by atoms with Gasteiger partial charge in [-0.2, -0.15) is 0 Å². The topological polar surface area (TPSA) is 59.1 Å². The molecular formula is C21H24N2O4.